The van der Waals surface area contributed by atoms with Crippen molar-refractivity contribution >= 4 is 5.84 Å². The van der Waals surface area contributed by atoms with Gasteiger partial charge in [-0.3, -0.25) is 5.41 Å². The topological polar surface area (TPSA) is 27.1 Å². The van der Waals surface area contributed by atoms with Crippen molar-refractivity contribution in [3.8, 4) is 0 Å². The number of hydrogen-bond acceptors (Lipinski definition) is 1. The van der Waals surface area contributed by atoms with Gasteiger partial charge in [-0.15, -0.1) is 0 Å². The Bertz CT molecular complexity index is 184. The van der Waals surface area contributed by atoms with E-state index in [0.717, 1.165) is 17.7 Å². The molecule has 0 amide bonds. The van der Waals surface area contributed by atoms with E-state index < -0.39 is 12.7 Å². The summed E-state index contributed by atoms with van der Waals surface area (Å²) in [5.41, 5.74) is 0. The fraction of sp³-hybridized carbons (Fsp3) is 0.857. The average molecular weight is 180 g/mol. The predicted octanol–water partition coefficient (Wildman–Crippen LogP) is 1.87. The number of rotatable bonds is 2. The minimum atomic E-state index is -4.20. The van der Waals surface area contributed by atoms with Crippen LogP contribution in [-0.4, -0.2) is 30.5 Å². The lowest BCUT2D eigenvalue weighted by Gasteiger charge is -2.20. The molecule has 0 heterocycles. The van der Waals surface area contributed by atoms with E-state index >= 15 is 0 Å². The second-order valence-corrected chi connectivity index (χ2v) is 3.13. The maximum absolute atomic E-state index is 11.8. The van der Waals surface area contributed by atoms with Gasteiger partial charge in [0.15, 0.2) is 0 Å². The Morgan fingerprint density at radius 1 is 1.50 bits per heavy atom. The molecule has 1 N–H and O–H groups in total. The maximum Gasteiger partial charge on any atom is 0.405 e. The minimum absolute atomic E-state index is 0.0809. The molecule has 2 nitrogen and oxygen atoms in total. The first-order valence-electron chi connectivity index (χ1n) is 3.76. The highest BCUT2D eigenvalue weighted by atomic mass is 19.4. The monoisotopic (exact) mass is 180 g/mol. The van der Waals surface area contributed by atoms with Gasteiger partial charge >= 0.3 is 6.18 Å². The molecule has 0 saturated heterocycles. The predicted molar refractivity (Wildman–Crippen MR) is 39.1 cm³/mol. The molecule has 12 heavy (non-hydrogen) atoms. The molecule has 70 valence electrons. The van der Waals surface area contributed by atoms with E-state index in [1.54, 1.807) is 0 Å². The van der Waals surface area contributed by atoms with Gasteiger partial charge in [-0.1, -0.05) is 0 Å². The number of alkyl halides is 3. The van der Waals surface area contributed by atoms with Crippen molar-refractivity contribution in [2.75, 3.05) is 13.6 Å². The highest BCUT2D eigenvalue weighted by Crippen LogP contribution is 2.31. The Kier molecular flexibility index (Phi) is 2.30. The Labute approximate surface area is 68.9 Å². The highest BCUT2D eigenvalue weighted by Gasteiger charge is 2.35. The lowest BCUT2D eigenvalue weighted by Crippen LogP contribution is -2.36. The quantitative estimate of drug-likeness (QED) is 0.509. The van der Waals surface area contributed by atoms with Crippen LogP contribution in [0.1, 0.15) is 12.8 Å². The molecule has 0 bridgehead atoms. The van der Waals surface area contributed by atoms with Gasteiger partial charge in [-0.05, 0) is 12.8 Å². The Morgan fingerprint density at radius 2 is 2.00 bits per heavy atom. The van der Waals surface area contributed by atoms with Crippen LogP contribution in [0.4, 0.5) is 13.2 Å². The first-order chi connectivity index (χ1) is 5.40. The molecule has 1 rings (SSSR count). The molecule has 1 fully saturated rings. The Hall–Kier alpha value is -0.740. The molecule has 5 heteroatoms. The largest absolute Gasteiger partial charge is 0.405 e. The number of nitrogens with zero attached hydrogens (tertiary/aromatic N) is 1. The van der Waals surface area contributed by atoms with E-state index in [4.69, 9.17) is 5.41 Å². The summed E-state index contributed by atoms with van der Waals surface area (Å²) in [6.45, 7) is -1.01. The number of amidine groups is 1. The van der Waals surface area contributed by atoms with Crippen LogP contribution in [0.5, 0.6) is 0 Å². The van der Waals surface area contributed by atoms with Crippen molar-refractivity contribution in [3.63, 3.8) is 0 Å². The van der Waals surface area contributed by atoms with Gasteiger partial charge in [0.05, 0.1) is 5.84 Å². The van der Waals surface area contributed by atoms with Crippen LogP contribution < -0.4 is 0 Å². The third-order valence-electron chi connectivity index (χ3n) is 1.79. The molecule has 0 aromatic carbocycles. The molecule has 0 unspecified atom stereocenters. The van der Waals surface area contributed by atoms with E-state index in [1.165, 1.54) is 7.05 Å². The summed E-state index contributed by atoms with van der Waals surface area (Å²) in [4.78, 5) is 0.970. The first kappa shape index (κ1) is 9.35. The van der Waals surface area contributed by atoms with E-state index in [0.29, 0.717) is 0 Å². The van der Waals surface area contributed by atoms with Crippen LogP contribution in [-0.2, 0) is 0 Å². The zero-order chi connectivity index (χ0) is 9.35. The van der Waals surface area contributed by atoms with Crippen LogP contribution in [0, 0.1) is 11.3 Å². The van der Waals surface area contributed by atoms with Gasteiger partial charge in [0.25, 0.3) is 0 Å². The van der Waals surface area contributed by atoms with Crippen molar-refractivity contribution in [2.45, 2.75) is 19.0 Å². The third-order valence-corrected chi connectivity index (χ3v) is 1.79. The lowest BCUT2D eigenvalue weighted by atomic mass is 10.3. The smallest absolute Gasteiger partial charge is 0.354 e. The van der Waals surface area contributed by atoms with E-state index in [9.17, 15) is 13.2 Å². The Morgan fingerprint density at radius 3 is 2.33 bits per heavy atom. The van der Waals surface area contributed by atoms with Crippen molar-refractivity contribution in [1.82, 2.24) is 4.90 Å². The third kappa shape index (κ3) is 2.71. The molecular weight excluding hydrogens is 169 g/mol. The second kappa shape index (κ2) is 2.95. The SMILES string of the molecule is CN(CC(F)(F)F)C(=N)C1CC1. The molecule has 0 aliphatic heterocycles. The number of hydrogen-bond donors (Lipinski definition) is 1. The highest BCUT2D eigenvalue weighted by molar-refractivity contribution is 5.83. The molecule has 1 saturated carbocycles. The second-order valence-electron chi connectivity index (χ2n) is 3.13. The van der Waals surface area contributed by atoms with Crippen molar-refractivity contribution in [1.29, 1.82) is 5.41 Å². The van der Waals surface area contributed by atoms with Crippen LogP contribution >= 0.6 is 0 Å². The molecule has 0 atom stereocenters. The fourth-order valence-corrected chi connectivity index (χ4v) is 1.02. The first-order valence-corrected chi connectivity index (χ1v) is 3.76. The summed E-state index contributed by atoms with van der Waals surface area (Å²) in [6, 6.07) is 0. The summed E-state index contributed by atoms with van der Waals surface area (Å²) in [7, 11) is 1.31. The standard InChI is InChI=1S/C7H11F3N2/c1-12(4-7(8,9)10)6(11)5-2-3-5/h5,11H,2-4H2,1H3. The van der Waals surface area contributed by atoms with Gasteiger partial charge in [0, 0.05) is 13.0 Å². The summed E-state index contributed by atoms with van der Waals surface area (Å²) in [5, 5.41) is 7.32. The molecular formula is C7H11F3N2. The van der Waals surface area contributed by atoms with Crippen LogP contribution in [0.3, 0.4) is 0 Å². The molecule has 0 radical (unpaired) electrons. The minimum Gasteiger partial charge on any atom is -0.354 e. The van der Waals surface area contributed by atoms with Gasteiger partial charge in [0.2, 0.25) is 0 Å². The van der Waals surface area contributed by atoms with E-state index in [-0.39, 0.29) is 11.8 Å². The summed E-state index contributed by atoms with van der Waals surface area (Å²) >= 11 is 0. The molecule has 0 aromatic heterocycles. The van der Waals surface area contributed by atoms with Gasteiger partial charge in [0.1, 0.15) is 6.54 Å². The molecule has 0 spiro atoms. The normalized spacial score (nSPS) is 17.7. The molecule has 1 aliphatic carbocycles. The van der Waals surface area contributed by atoms with Crippen molar-refractivity contribution in [3.05, 3.63) is 0 Å². The lowest BCUT2D eigenvalue weighted by molar-refractivity contribution is -0.136. The fourth-order valence-electron chi connectivity index (χ4n) is 1.02. The summed E-state index contributed by atoms with van der Waals surface area (Å²) in [6.07, 6.45) is -2.47. The maximum atomic E-state index is 11.8. The molecule has 1 aliphatic rings. The van der Waals surface area contributed by atoms with E-state index in [1.807, 2.05) is 0 Å². The van der Waals surface area contributed by atoms with Crippen LogP contribution in [0.2, 0.25) is 0 Å². The number of halogens is 3. The summed E-state index contributed by atoms with van der Waals surface area (Å²) in [5.74, 6) is 0.199. The van der Waals surface area contributed by atoms with Crippen molar-refractivity contribution < 1.29 is 13.2 Å². The molecule has 0 aromatic rings. The average Bonchev–Trinajstić information content (AvgIpc) is 2.62. The van der Waals surface area contributed by atoms with Gasteiger partial charge in [-0.2, -0.15) is 13.2 Å². The Balaban J connectivity index is 2.36. The van der Waals surface area contributed by atoms with Gasteiger partial charge < -0.3 is 4.90 Å². The summed E-state index contributed by atoms with van der Waals surface area (Å²) < 4.78 is 35.4. The van der Waals surface area contributed by atoms with Crippen molar-refractivity contribution in [2.24, 2.45) is 5.92 Å². The zero-order valence-electron chi connectivity index (χ0n) is 6.78. The van der Waals surface area contributed by atoms with Crippen LogP contribution in [0.25, 0.3) is 0 Å². The number of nitrogens with one attached hydrogen (secondary N) is 1. The van der Waals surface area contributed by atoms with Crippen LogP contribution in [0.15, 0.2) is 0 Å². The van der Waals surface area contributed by atoms with E-state index in [2.05, 4.69) is 0 Å². The zero-order valence-corrected chi connectivity index (χ0v) is 6.78. The van der Waals surface area contributed by atoms with Gasteiger partial charge in [-0.25, -0.2) is 0 Å².